The lowest BCUT2D eigenvalue weighted by atomic mass is 9.75. The summed E-state index contributed by atoms with van der Waals surface area (Å²) < 4.78 is 19.3. The standard InChI is InChI=1S/C24H33BrFN3O2S/c1-4-21(28-23-27-15-20(26)32-23)29-16-24(5-2,18-14-17(25)11-12-19(18)29)13-9-7-6-8-10-22(30)31-3/h4,11-12,14-15,23,27-28H,5-10,13,16H2,1-3H3/t23?,24-/m1/s1. The minimum Gasteiger partial charge on any atom is -0.469 e. The van der Waals surface area contributed by atoms with Gasteiger partial charge in [-0.15, -0.1) is 0 Å². The molecule has 0 bridgehead atoms. The molecule has 0 amide bonds. The van der Waals surface area contributed by atoms with Crippen molar-refractivity contribution in [2.45, 2.75) is 69.7 Å². The van der Waals surface area contributed by atoms with E-state index in [2.05, 4.69) is 62.7 Å². The predicted molar refractivity (Wildman–Crippen MR) is 134 cm³/mol. The third-order valence-corrected chi connectivity index (χ3v) is 7.72. The van der Waals surface area contributed by atoms with E-state index in [1.807, 2.05) is 6.92 Å². The van der Waals surface area contributed by atoms with Gasteiger partial charge in [0.2, 0.25) is 0 Å². The highest BCUT2D eigenvalue weighted by molar-refractivity contribution is 9.10. The van der Waals surface area contributed by atoms with Gasteiger partial charge in [0.05, 0.1) is 7.11 Å². The van der Waals surface area contributed by atoms with E-state index >= 15 is 0 Å². The number of ether oxygens (including phenoxy) is 1. The van der Waals surface area contributed by atoms with E-state index in [9.17, 15) is 9.18 Å². The molecule has 2 heterocycles. The average molecular weight is 527 g/mol. The van der Waals surface area contributed by atoms with Crippen molar-refractivity contribution in [3.05, 3.63) is 51.5 Å². The number of anilines is 1. The molecule has 176 valence electrons. The van der Waals surface area contributed by atoms with Gasteiger partial charge in [0.1, 0.15) is 5.82 Å². The van der Waals surface area contributed by atoms with Crippen LogP contribution in [0.3, 0.4) is 0 Å². The number of allylic oxidation sites excluding steroid dienone is 1. The Morgan fingerprint density at radius 2 is 2.19 bits per heavy atom. The van der Waals surface area contributed by atoms with E-state index in [-0.39, 0.29) is 22.0 Å². The molecular weight excluding hydrogens is 493 g/mol. The summed E-state index contributed by atoms with van der Waals surface area (Å²) in [5, 5.41) is 6.27. The summed E-state index contributed by atoms with van der Waals surface area (Å²) in [6, 6.07) is 6.51. The van der Waals surface area contributed by atoms with Crippen LogP contribution in [0.2, 0.25) is 0 Å². The summed E-state index contributed by atoms with van der Waals surface area (Å²) >= 11 is 4.81. The quantitative estimate of drug-likeness (QED) is 0.262. The third-order valence-electron chi connectivity index (χ3n) is 6.39. The number of nitrogens with zero attached hydrogens (tertiary/aromatic N) is 1. The number of esters is 1. The molecule has 2 N–H and O–H groups in total. The van der Waals surface area contributed by atoms with Crippen LogP contribution < -0.4 is 15.5 Å². The zero-order valence-corrected chi connectivity index (χ0v) is 21.5. The Labute approximate surface area is 203 Å². The van der Waals surface area contributed by atoms with Crippen LogP contribution in [-0.4, -0.2) is 25.1 Å². The van der Waals surface area contributed by atoms with Crippen molar-refractivity contribution in [3.63, 3.8) is 0 Å². The molecule has 1 aromatic carbocycles. The Bertz CT molecular complexity index is 879. The molecule has 0 radical (unpaired) electrons. The lowest BCUT2D eigenvalue weighted by molar-refractivity contribution is -0.140. The monoisotopic (exact) mass is 525 g/mol. The number of hydrogen-bond acceptors (Lipinski definition) is 6. The van der Waals surface area contributed by atoms with Gasteiger partial charge in [0.25, 0.3) is 0 Å². The van der Waals surface area contributed by atoms with Crippen LogP contribution in [0.5, 0.6) is 0 Å². The Hall–Kier alpha value is -1.67. The highest BCUT2D eigenvalue weighted by Gasteiger charge is 2.42. The first kappa shape index (κ1) is 25.0. The molecular formula is C24H33BrFN3O2S. The fraction of sp³-hybridized carbons (Fsp3) is 0.542. The van der Waals surface area contributed by atoms with Gasteiger partial charge in [-0.2, -0.15) is 4.39 Å². The molecule has 0 saturated heterocycles. The van der Waals surface area contributed by atoms with Gasteiger partial charge in [-0.1, -0.05) is 42.1 Å². The minimum atomic E-state index is -0.216. The first-order valence-electron chi connectivity index (χ1n) is 11.3. The molecule has 3 rings (SSSR count). The van der Waals surface area contributed by atoms with Crippen molar-refractivity contribution in [1.29, 1.82) is 0 Å². The summed E-state index contributed by atoms with van der Waals surface area (Å²) in [7, 11) is 1.44. The number of carbonyl (C=O) groups is 1. The maximum atomic E-state index is 13.5. The van der Waals surface area contributed by atoms with E-state index < -0.39 is 0 Å². The van der Waals surface area contributed by atoms with E-state index in [1.54, 1.807) is 0 Å². The Balaban J connectivity index is 1.70. The summed E-state index contributed by atoms with van der Waals surface area (Å²) in [5.74, 6) is 0.853. The van der Waals surface area contributed by atoms with Gasteiger partial charge >= 0.3 is 5.97 Å². The number of rotatable bonds is 11. The van der Waals surface area contributed by atoms with Gasteiger partial charge in [-0.3, -0.25) is 4.79 Å². The van der Waals surface area contributed by atoms with Gasteiger partial charge in [-0.25, -0.2) is 0 Å². The maximum Gasteiger partial charge on any atom is 0.305 e. The van der Waals surface area contributed by atoms with Gasteiger partial charge in [-0.05, 0) is 67.8 Å². The van der Waals surface area contributed by atoms with Crippen LogP contribution in [0.1, 0.15) is 64.4 Å². The number of halogens is 2. The number of carbonyl (C=O) groups excluding carboxylic acids is 1. The lowest BCUT2D eigenvalue weighted by Crippen LogP contribution is -2.42. The molecule has 1 unspecified atom stereocenters. The summed E-state index contributed by atoms with van der Waals surface area (Å²) in [6.45, 7) is 5.16. The van der Waals surface area contributed by atoms with Crippen molar-refractivity contribution < 1.29 is 13.9 Å². The molecule has 1 aromatic rings. The number of hydrogen-bond donors (Lipinski definition) is 2. The number of methoxy groups -OCH3 is 1. The molecule has 0 fully saturated rings. The Morgan fingerprint density at radius 1 is 1.41 bits per heavy atom. The fourth-order valence-electron chi connectivity index (χ4n) is 4.58. The summed E-state index contributed by atoms with van der Waals surface area (Å²) in [6.07, 6.45) is 10.2. The third kappa shape index (κ3) is 5.81. The normalized spacial score (nSPS) is 22.4. The average Bonchev–Trinajstić information content (AvgIpc) is 3.35. The Morgan fingerprint density at radius 3 is 2.84 bits per heavy atom. The van der Waals surface area contributed by atoms with Gasteiger partial charge in [0.15, 0.2) is 10.7 Å². The zero-order chi connectivity index (χ0) is 23.1. The zero-order valence-electron chi connectivity index (χ0n) is 19.0. The minimum absolute atomic E-state index is 0.0527. The predicted octanol–water partition coefficient (Wildman–Crippen LogP) is 6.27. The van der Waals surface area contributed by atoms with E-state index in [1.165, 1.54) is 24.6 Å². The highest BCUT2D eigenvalue weighted by Crippen LogP contribution is 2.48. The molecule has 32 heavy (non-hydrogen) atoms. The topological polar surface area (TPSA) is 53.6 Å². The number of benzene rings is 1. The van der Waals surface area contributed by atoms with Crippen molar-refractivity contribution in [2.24, 2.45) is 0 Å². The van der Waals surface area contributed by atoms with Crippen molar-refractivity contribution in [1.82, 2.24) is 10.6 Å². The molecule has 0 aliphatic carbocycles. The number of unbranched alkanes of at least 4 members (excludes halogenated alkanes) is 3. The Kier molecular flexibility index (Phi) is 8.94. The molecule has 0 spiro atoms. The van der Waals surface area contributed by atoms with Crippen LogP contribution in [0.25, 0.3) is 0 Å². The second-order valence-corrected chi connectivity index (χ2v) is 10.3. The van der Waals surface area contributed by atoms with E-state index in [4.69, 9.17) is 4.74 Å². The molecule has 2 aliphatic heterocycles. The summed E-state index contributed by atoms with van der Waals surface area (Å²) in [5.41, 5.74) is 2.41. The first-order chi connectivity index (χ1) is 15.4. The second-order valence-electron chi connectivity index (χ2n) is 8.30. The van der Waals surface area contributed by atoms with Crippen LogP contribution >= 0.6 is 27.7 Å². The maximum absolute atomic E-state index is 13.5. The number of thioether (sulfide) groups is 1. The van der Waals surface area contributed by atoms with Gasteiger partial charge < -0.3 is 20.3 Å². The number of fused-ring (bicyclic) bond motifs is 1. The molecule has 0 saturated carbocycles. The van der Waals surface area contributed by atoms with E-state index in [0.29, 0.717) is 6.42 Å². The highest BCUT2D eigenvalue weighted by atomic mass is 79.9. The molecule has 5 nitrogen and oxygen atoms in total. The first-order valence-corrected chi connectivity index (χ1v) is 13.0. The van der Waals surface area contributed by atoms with Crippen molar-refractivity contribution in [2.75, 3.05) is 18.6 Å². The lowest BCUT2D eigenvalue weighted by Gasteiger charge is -2.31. The van der Waals surface area contributed by atoms with Crippen molar-refractivity contribution >= 4 is 39.3 Å². The summed E-state index contributed by atoms with van der Waals surface area (Å²) in [4.78, 5) is 13.7. The van der Waals surface area contributed by atoms with E-state index in [0.717, 1.165) is 67.1 Å². The van der Waals surface area contributed by atoms with Crippen LogP contribution in [-0.2, 0) is 14.9 Å². The molecule has 0 aromatic heterocycles. The smallest absolute Gasteiger partial charge is 0.305 e. The fourth-order valence-corrected chi connectivity index (χ4v) is 5.62. The molecule has 2 aliphatic rings. The molecule has 8 heteroatoms. The van der Waals surface area contributed by atoms with Crippen LogP contribution in [0, 0.1) is 0 Å². The van der Waals surface area contributed by atoms with Gasteiger partial charge in [0, 0.05) is 34.7 Å². The largest absolute Gasteiger partial charge is 0.469 e. The second kappa shape index (κ2) is 11.5. The molecule has 2 atom stereocenters. The van der Waals surface area contributed by atoms with Crippen LogP contribution in [0.15, 0.2) is 45.9 Å². The SMILES string of the molecule is CC=C(NC1NC=C(F)S1)N1C[C@@](CC)(CCCCCCC(=O)OC)c2cc(Br)ccc21. The number of nitrogens with one attached hydrogen (secondary N) is 2. The van der Waals surface area contributed by atoms with Crippen molar-refractivity contribution in [3.8, 4) is 0 Å². The van der Waals surface area contributed by atoms with Crippen LogP contribution in [0.4, 0.5) is 10.1 Å².